The maximum atomic E-state index is 13.1. The Morgan fingerprint density at radius 3 is 2.44 bits per heavy atom. The van der Waals surface area contributed by atoms with Gasteiger partial charge in [0.25, 0.3) is 0 Å². The van der Waals surface area contributed by atoms with E-state index in [1.807, 2.05) is 18.7 Å². The van der Waals surface area contributed by atoms with Crippen molar-refractivity contribution in [1.82, 2.24) is 9.80 Å². The predicted molar refractivity (Wildman–Crippen MR) is 99.5 cm³/mol. The zero-order valence-electron chi connectivity index (χ0n) is 15.2. The minimum atomic E-state index is -4.45. The molecule has 148 valence electrons. The number of likely N-dealkylation sites (tertiary alicyclic amines) is 1. The number of ether oxygens (including phenoxy) is 1. The molecule has 2 saturated heterocycles. The molecule has 0 radical (unpaired) electrons. The Hall–Kier alpha value is -2.03. The number of piperidine rings is 1. The third-order valence-electron chi connectivity index (χ3n) is 4.99. The van der Waals surface area contributed by atoms with E-state index >= 15 is 0 Å². The van der Waals surface area contributed by atoms with Gasteiger partial charge in [-0.05, 0) is 51.0 Å². The van der Waals surface area contributed by atoms with Crippen LogP contribution >= 0.6 is 12.2 Å². The first-order valence-corrected chi connectivity index (χ1v) is 9.19. The van der Waals surface area contributed by atoms with E-state index in [1.165, 1.54) is 18.2 Å². The van der Waals surface area contributed by atoms with Crippen LogP contribution in [0.1, 0.15) is 32.3 Å². The number of rotatable bonds is 2. The van der Waals surface area contributed by atoms with Gasteiger partial charge < -0.3 is 15.0 Å². The number of carbonyl (C=O) groups is 1. The molecule has 5 nitrogen and oxygen atoms in total. The molecule has 2 heterocycles. The minimum Gasteiger partial charge on any atom is -0.447 e. The molecule has 1 N–H and O–H groups in total. The van der Waals surface area contributed by atoms with Gasteiger partial charge in [-0.25, -0.2) is 4.79 Å². The Morgan fingerprint density at radius 1 is 1.26 bits per heavy atom. The second-order valence-electron chi connectivity index (χ2n) is 7.43. The Balaban J connectivity index is 1.62. The Labute approximate surface area is 161 Å². The first-order chi connectivity index (χ1) is 12.6. The Morgan fingerprint density at radius 2 is 1.89 bits per heavy atom. The molecular formula is C18H22F3N3O2S. The van der Waals surface area contributed by atoms with E-state index in [1.54, 1.807) is 4.90 Å². The van der Waals surface area contributed by atoms with E-state index in [0.717, 1.165) is 6.07 Å². The highest BCUT2D eigenvalue weighted by atomic mass is 32.1. The third-order valence-corrected chi connectivity index (χ3v) is 5.35. The quantitative estimate of drug-likeness (QED) is 0.756. The molecule has 9 heteroatoms. The average Bonchev–Trinajstić information content (AvgIpc) is 2.87. The monoisotopic (exact) mass is 401 g/mol. The predicted octanol–water partition coefficient (Wildman–Crippen LogP) is 4.10. The maximum Gasteiger partial charge on any atom is 0.418 e. The van der Waals surface area contributed by atoms with E-state index in [4.69, 9.17) is 17.0 Å². The van der Waals surface area contributed by atoms with Crippen LogP contribution in [0.25, 0.3) is 0 Å². The normalized spacial score (nSPS) is 20.6. The zero-order valence-corrected chi connectivity index (χ0v) is 16.0. The molecular weight excluding hydrogens is 379 g/mol. The summed E-state index contributed by atoms with van der Waals surface area (Å²) in [5, 5.41) is 2.99. The van der Waals surface area contributed by atoms with E-state index < -0.39 is 11.7 Å². The highest BCUT2D eigenvalue weighted by Gasteiger charge is 2.44. The van der Waals surface area contributed by atoms with E-state index in [9.17, 15) is 18.0 Å². The highest BCUT2D eigenvalue weighted by molar-refractivity contribution is 7.80. The molecule has 2 aliphatic rings. The summed E-state index contributed by atoms with van der Waals surface area (Å²) >= 11 is 5.32. The molecule has 0 aliphatic carbocycles. The summed E-state index contributed by atoms with van der Waals surface area (Å²) in [5.74, 6) is 0. The summed E-state index contributed by atoms with van der Waals surface area (Å²) in [6.45, 7) is 5.41. The molecule has 2 fully saturated rings. The number of thiocarbonyl (C=S) groups is 1. The van der Waals surface area contributed by atoms with Crippen LogP contribution in [0.2, 0.25) is 0 Å². The van der Waals surface area contributed by atoms with Crippen molar-refractivity contribution in [3.8, 4) is 0 Å². The molecule has 27 heavy (non-hydrogen) atoms. The summed E-state index contributed by atoms with van der Waals surface area (Å²) in [6.07, 6.45) is -3.39. The number of hydrogen-bond acceptors (Lipinski definition) is 3. The smallest absolute Gasteiger partial charge is 0.418 e. The first-order valence-electron chi connectivity index (χ1n) is 8.78. The Kier molecular flexibility index (Phi) is 5.24. The lowest BCUT2D eigenvalue weighted by Crippen LogP contribution is -2.53. The molecule has 2 aliphatic heterocycles. The van der Waals surface area contributed by atoms with Crippen molar-refractivity contribution >= 4 is 29.1 Å². The molecule has 0 atom stereocenters. The van der Waals surface area contributed by atoms with Crippen LogP contribution in [0, 0.1) is 0 Å². The third kappa shape index (κ3) is 4.12. The lowest BCUT2D eigenvalue weighted by Gasteiger charge is -2.41. The number of halogens is 3. The van der Waals surface area contributed by atoms with Crippen molar-refractivity contribution in [2.24, 2.45) is 0 Å². The number of cyclic esters (lactones) is 1. The lowest BCUT2D eigenvalue weighted by molar-refractivity contribution is -0.136. The number of nitrogens with one attached hydrogen (secondary N) is 1. The summed E-state index contributed by atoms with van der Waals surface area (Å²) < 4.78 is 44.5. The standard InChI is InChI=1S/C18H22F3N3O2S/c1-17(2)11-26-16(25)24(17)12-7-9-23(10-8-12)15(27)22-14-6-4-3-5-13(14)18(19,20)21/h3-6,12H,7-11H2,1-2H3,(H,22,27). The molecule has 0 aromatic heterocycles. The second kappa shape index (κ2) is 7.18. The van der Waals surface area contributed by atoms with E-state index in [0.29, 0.717) is 32.5 Å². The lowest BCUT2D eigenvalue weighted by atomic mass is 9.97. The summed E-state index contributed by atoms with van der Waals surface area (Å²) in [4.78, 5) is 15.6. The van der Waals surface area contributed by atoms with Gasteiger partial charge >= 0.3 is 12.3 Å². The first kappa shape index (κ1) is 19.7. The fourth-order valence-corrected chi connectivity index (χ4v) is 3.92. The van der Waals surface area contributed by atoms with Crippen LogP contribution < -0.4 is 5.32 Å². The number of benzene rings is 1. The van der Waals surface area contributed by atoms with Gasteiger partial charge in [-0.1, -0.05) is 12.1 Å². The number of anilines is 1. The maximum absolute atomic E-state index is 13.1. The Bertz CT molecular complexity index is 731. The van der Waals surface area contributed by atoms with E-state index in [-0.39, 0.29) is 28.5 Å². The largest absolute Gasteiger partial charge is 0.447 e. The topological polar surface area (TPSA) is 44.8 Å². The second-order valence-corrected chi connectivity index (χ2v) is 7.82. The number of alkyl halides is 3. The number of para-hydroxylation sites is 1. The number of carbonyl (C=O) groups excluding carboxylic acids is 1. The summed E-state index contributed by atoms with van der Waals surface area (Å²) in [5.41, 5.74) is -1.15. The van der Waals surface area contributed by atoms with Gasteiger partial charge in [0, 0.05) is 19.1 Å². The van der Waals surface area contributed by atoms with Crippen molar-refractivity contribution in [2.45, 2.75) is 44.4 Å². The number of amides is 1. The van der Waals surface area contributed by atoms with Crippen LogP contribution in [0.5, 0.6) is 0 Å². The van der Waals surface area contributed by atoms with Gasteiger partial charge in [-0.15, -0.1) is 0 Å². The number of nitrogens with zero attached hydrogens (tertiary/aromatic N) is 2. The molecule has 0 unspecified atom stereocenters. The summed E-state index contributed by atoms with van der Waals surface area (Å²) in [6, 6.07) is 5.31. The molecule has 3 rings (SSSR count). The molecule has 0 bridgehead atoms. The minimum absolute atomic E-state index is 0.0384. The van der Waals surface area contributed by atoms with Crippen molar-refractivity contribution in [3.05, 3.63) is 29.8 Å². The highest BCUT2D eigenvalue weighted by Crippen LogP contribution is 2.35. The van der Waals surface area contributed by atoms with Gasteiger partial charge in [0.2, 0.25) is 0 Å². The van der Waals surface area contributed by atoms with Crippen LogP contribution in [-0.4, -0.2) is 52.3 Å². The molecule has 0 saturated carbocycles. The van der Waals surface area contributed by atoms with Crippen molar-refractivity contribution in [3.63, 3.8) is 0 Å². The SMILES string of the molecule is CC1(C)COC(=O)N1C1CCN(C(=S)Nc2ccccc2C(F)(F)F)CC1. The van der Waals surface area contributed by atoms with E-state index in [2.05, 4.69) is 5.32 Å². The average molecular weight is 401 g/mol. The van der Waals surface area contributed by atoms with Crippen LogP contribution in [0.4, 0.5) is 23.7 Å². The van der Waals surface area contributed by atoms with Gasteiger partial charge in [0.05, 0.1) is 16.8 Å². The van der Waals surface area contributed by atoms with Gasteiger partial charge in [-0.3, -0.25) is 4.90 Å². The van der Waals surface area contributed by atoms with Gasteiger partial charge in [-0.2, -0.15) is 13.2 Å². The van der Waals surface area contributed by atoms with Crippen LogP contribution in [0.3, 0.4) is 0 Å². The van der Waals surface area contributed by atoms with Crippen LogP contribution in [-0.2, 0) is 10.9 Å². The fourth-order valence-electron chi connectivity index (χ4n) is 3.63. The van der Waals surface area contributed by atoms with Crippen molar-refractivity contribution in [2.75, 3.05) is 25.0 Å². The fraction of sp³-hybridized carbons (Fsp3) is 0.556. The zero-order chi connectivity index (χ0) is 19.8. The summed E-state index contributed by atoms with van der Waals surface area (Å²) in [7, 11) is 0. The van der Waals surface area contributed by atoms with Crippen molar-refractivity contribution < 1.29 is 22.7 Å². The van der Waals surface area contributed by atoms with Gasteiger partial charge in [0.15, 0.2) is 5.11 Å². The molecule has 1 aromatic carbocycles. The molecule has 1 amide bonds. The number of hydrogen-bond donors (Lipinski definition) is 1. The molecule has 1 aromatic rings. The van der Waals surface area contributed by atoms with Gasteiger partial charge in [0.1, 0.15) is 6.61 Å². The molecule has 0 spiro atoms. The van der Waals surface area contributed by atoms with Crippen molar-refractivity contribution in [1.29, 1.82) is 0 Å². The van der Waals surface area contributed by atoms with Crippen LogP contribution in [0.15, 0.2) is 24.3 Å².